The van der Waals surface area contributed by atoms with Crippen LogP contribution < -0.4 is 10.2 Å². The second-order valence-electron chi connectivity index (χ2n) is 7.29. The molecule has 0 unspecified atom stereocenters. The second-order valence-corrected chi connectivity index (χ2v) is 7.29. The average Bonchev–Trinajstić information content (AvgIpc) is 3.27. The standard InChI is InChI=1S/C23H20N6O.ClH/c24-13-19-21(15-1-5-17(6-2-15)29-11-9-25-10-12-29)20-14-26-28-23(20)27-22(19)16-3-7-18(30)8-4-16;/h1-8,14,25,30H,9-12H2,(H,26,27,28);1H. The van der Waals surface area contributed by atoms with Gasteiger partial charge in [0.2, 0.25) is 0 Å². The zero-order chi connectivity index (χ0) is 20.5. The van der Waals surface area contributed by atoms with E-state index in [2.05, 4.69) is 55.7 Å². The largest absolute Gasteiger partial charge is 0.508 e. The van der Waals surface area contributed by atoms with Crippen LogP contribution in [0.4, 0.5) is 5.69 Å². The Morgan fingerprint density at radius 3 is 2.32 bits per heavy atom. The van der Waals surface area contributed by atoms with Crippen LogP contribution in [0.15, 0.2) is 54.7 Å². The number of phenolic OH excluding ortho intramolecular Hbond substituents is 1. The van der Waals surface area contributed by atoms with Gasteiger partial charge in [0.15, 0.2) is 5.65 Å². The fourth-order valence-corrected chi connectivity index (χ4v) is 3.97. The minimum absolute atomic E-state index is 0. The highest BCUT2D eigenvalue weighted by molar-refractivity contribution is 5.99. The Hall–Kier alpha value is -3.60. The lowest BCUT2D eigenvalue weighted by molar-refractivity contribution is 0.475. The van der Waals surface area contributed by atoms with E-state index in [4.69, 9.17) is 0 Å². The van der Waals surface area contributed by atoms with E-state index in [0.29, 0.717) is 16.9 Å². The van der Waals surface area contributed by atoms with Gasteiger partial charge in [-0.2, -0.15) is 10.4 Å². The molecule has 0 saturated carbocycles. The number of aromatic hydroxyl groups is 1. The lowest BCUT2D eigenvalue weighted by atomic mass is 9.94. The molecule has 1 fully saturated rings. The number of nitrogens with one attached hydrogen (secondary N) is 2. The van der Waals surface area contributed by atoms with Crippen LogP contribution in [0.2, 0.25) is 0 Å². The molecule has 0 aliphatic carbocycles. The highest BCUT2D eigenvalue weighted by Crippen LogP contribution is 2.37. The number of rotatable bonds is 3. The maximum atomic E-state index is 10.0. The average molecular weight is 433 g/mol. The minimum Gasteiger partial charge on any atom is -0.508 e. The van der Waals surface area contributed by atoms with E-state index in [9.17, 15) is 10.4 Å². The number of pyridine rings is 1. The van der Waals surface area contributed by atoms with Gasteiger partial charge in [0, 0.05) is 48.4 Å². The lowest BCUT2D eigenvalue weighted by Gasteiger charge is -2.29. The van der Waals surface area contributed by atoms with Gasteiger partial charge in [0.25, 0.3) is 0 Å². The van der Waals surface area contributed by atoms with E-state index in [1.807, 2.05) is 0 Å². The van der Waals surface area contributed by atoms with Gasteiger partial charge in [0.05, 0.1) is 17.5 Å². The van der Waals surface area contributed by atoms with Gasteiger partial charge in [-0.25, -0.2) is 4.98 Å². The lowest BCUT2D eigenvalue weighted by Crippen LogP contribution is -2.43. The minimum atomic E-state index is 0. The predicted molar refractivity (Wildman–Crippen MR) is 123 cm³/mol. The van der Waals surface area contributed by atoms with Crippen molar-refractivity contribution in [2.24, 2.45) is 0 Å². The van der Waals surface area contributed by atoms with Crippen LogP contribution in [-0.4, -0.2) is 46.5 Å². The highest BCUT2D eigenvalue weighted by Gasteiger charge is 2.19. The molecule has 3 heterocycles. The Balaban J connectivity index is 0.00000231. The monoisotopic (exact) mass is 432 g/mol. The van der Waals surface area contributed by atoms with Gasteiger partial charge in [-0.3, -0.25) is 5.10 Å². The molecule has 31 heavy (non-hydrogen) atoms. The number of nitrogens with zero attached hydrogens (tertiary/aromatic N) is 4. The number of phenols is 1. The SMILES string of the molecule is Cl.N#Cc1c(-c2ccc(O)cc2)nc2[nH]ncc2c1-c1ccc(N2CCNCC2)cc1. The number of fused-ring (bicyclic) bond motifs is 1. The summed E-state index contributed by atoms with van der Waals surface area (Å²) in [6, 6.07) is 17.4. The highest BCUT2D eigenvalue weighted by atomic mass is 35.5. The molecule has 0 radical (unpaired) electrons. The molecule has 1 aliphatic rings. The summed E-state index contributed by atoms with van der Waals surface area (Å²) in [6.07, 6.45) is 1.71. The smallest absolute Gasteiger partial charge is 0.156 e. The number of anilines is 1. The molecule has 7 nitrogen and oxygen atoms in total. The van der Waals surface area contributed by atoms with Crippen LogP contribution in [0.3, 0.4) is 0 Å². The van der Waals surface area contributed by atoms with Crippen molar-refractivity contribution in [1.29, 1.82) is 5.26 Å². The molecule has 3 N–H and O–H groups in total. The summed E-state index contributed by atoms with van der Waals surface area (Å²) < 4.78 is 0. The van der Waals surface area contributed by atoms with Crippen LogP contribution in [0.5, 0.6) is 5.75 Å². The first-order valence-electron chi connectivity index (χ1n) is 9.87. The van der Waals surface area contributed by atoms with Crippen molar-refractivity contribution in [3.63, 3.8) is 0 Å². The predicted octanol–water partition coefficient (Wildman–Crippen LogP) is 3.70. The van der Waals surface area contributed by atoms with Crippen molar-refractivity contribution < 1.29 is 5.11 Å². The van der Waals surface area contributed by atoms with Gasteiger partial charge in [0.1, 0.15) is 11.8 Å². The Morgan fingerprint density at radius 1 is 0.968 bits per heavy atom. The maximum absolute atomic E-state index is 10.0. The molecule has 0 spiro atoms. The summed E-state index contributed by atoms with van der Waals surface area (Å²) in [4.78, 5) is 7.00. The van der Waals surface area contributed by atoms with Crippen LogP contribution in [0, 0.1) is 11.3 Å². The number of halogens is 1. The Bertz CT molecular complexity index is 1240. The van der Waals surface area contributed by atoms with Crippen molar-refractivity contribution in [1.82, 2.24) is 20.5 Å². The van der Waals surface area contributed by atoms with E-state index in [0.717, 1.165) is 48.3 Å². The fourth-order valence-electron chi connectivity index (χ4n) is 3.97. The van der Waals surface area contributed by atoms with Crippen molar-refractivity contribution in [3.8, 4) is 34.2 Å². The van der Waals surface area contributed by atoms with Crippen molar-refractivity contribution in [2.45, 2.75) is 0 Å². The van der Waals surface area contributed by atoms with Crippen molar-refractivity contribution in [3.05, 3.63) is 60.3 Å². The zero-order valence-electron chi connectivity index (χ0n) is 16.7. The number of aromatic nitrogens is 3. The molecule has 0 amide bonds. The summed E-state index contributed by atoms with van der Waals surface area (Å²) in [7, 11) is 0. The molecule has 5 rings (SSSR count). The number of aromatic amines is 1. The summed E-state index contributed by atoms with van der Waals surface area (Å²) in [5.41, 5.74) is 5.37. The number of H-pyrrole nitrogens is 1. The Morgan fingerprint density at radius 2 is 1.65 bits per heavy atom. The van der Waals surface area contributed by atoms with E-state index in [1.54, 1.807) is 30.5 Å². The van der Waals surface area contributed by atoms with Crippen molar-refractivity contribution >= 4 is 29.1 Å². The summed E-state index contributed by atoms with van der Waals surface area (Å²) in [6.45, 7) is 3.93. The zero-order valence-corrected chi connectivity index (χ0v) is 17.5. The maximum Gasteiger partial charge on any atom is 0.156 e. The van der Waals surface area contributed by atoms with Gasteiger partial charge in [-0.1, -0.05) is 12.1 Å². The number of piperazine rings is 1. The van der Waals surface area contributed by atoms with Crippen molar-refractivity contribution in [2.75, 3.05) is 31.1 Å². The molecule has 1 saturated heterocycles. The molecule has 8 heteroatoms. The van der Waals surface area contributed by atoms with E-state index in [-0.39, 0.29) is 18.2 Å². The van der Waals surface area contributed by atoms with Crippen LogP contribution in [-0.2, 0) is 0 Å². The molecular formula is C23H21ClN6O. The first-order chi connectivity index (χ1) is 14.7. The van der Waals surface area contributed by atoms with Crippen LogP contribution >= 0.6 is 12.4 Å². The van der Waals surface area contributed by atoms with Gasteiger partial charge >= 0.3 is 0 Å². The molecule has 2 aromatic heterocycles. The number of nitriles is 1. The number of benzene rings is 2. The third-order valence-corrected chi connectivity index (χ3v) is 5.49. The first-order valence-corrected chi connectivity index (χ1v) is 9.87. The second kappa shape index (κ2) is 8.64. The van der Waals surface area contributed by atoms with E-state index >= 15 is 0 Å². The molecular weight excluding hydrogens is 412 g/mol. The molecule has 0 bridgehead atoms. The van der Waals surface area contributed by atoms with Gasteiger partial charge in [-0.15, -0.1) is 12.4 Å². The Kier molecular flexibility index (Phi) is 5.76. The summed E-state index contributed by atoms with van der Waals surface area (Å²) in [5.74, 6) is 0.170. The number of hydrogen-bond acceptors (Lipinski definition) is 6. The van der Waals surface area contributed by atoms with Crippen LogP contribution in [0.25, 0.3) is 33.4 Å². The fraction of sp³-hybridized carbons (Fsp3) is 0.174. The third kappa shape index (κ3) is 3.79. The summed E-state index contributed by atoms with van der Waals surface area (Å²) >= 11 is 0. The van der Waals surface area contributed by atoms with E-state index in [1.165, 1.54) is 5.69 Å². The Labute approximate surface area is 185 Å². The molecule has 4 aromatic rings. The molecule has 1 aliphatic heterocycles. The molecule has 2 aromatic carbocycles. The summed E-state index contributed by atoms with van der Waals surface area (Å²) in [5, 5.41) is 30.9. The molecule has 156 valence electrons. The first kappa shape index (κ1) is 20.7. The third-order valence-electron chi connectivity index (χ3n) is 5.49. The topological polar surface area (TPSA) is 101 Å². The van der Waals surface area contributed by atoms with Gasteiger partial charge < -0.3 is 15.3 Å². The quantitative estimate of drug-likeness (QED) is 0.456. The van der Waals surface area contributed by atoms with Crippen LogP contribution in [0.1, 0.15) is 5.56 Å². The van der Waals surface area contributed by atoms with E-state index < -0.39 is 0 Å². The molecule has 0 atom stereocenters. The number of hydrogen-bond donors (Lipinski definition) is 3. The van der Waals surface area contributed by atoms with Gasteiger partial charge in [-0.05, 0) is 42.0 Å². The normalized spacial score (nSPS) is 13.6.